The van der Waals surface area contributed by atoms with Crippen LogP contribution in [0, 0.1) is 6.92 Å². The number of aryl methyl sites for hydroxylation is 1. The normalized spacial score (nSPS) is 18.9. The molecule has 1 atom stereocenters. The molecular formula is C16H14BrCl2NO2S2. The summed E-state index contributed by atoms with van der Waals surface area (Å²) in [7, 11) is -3.71. The number of halogens is 3. The van der Waals surface area contributed by atoms with Gasteiger partial charge in [0.15, 0.2) is 0 Å². The summed E-state index contributed by atoms with van der Waals surface area (Å²) in [6.45, 7) is 2.22. The third-order valence-electron chi connectivity index (χ3n) is 3.80. The second kappa shape index (κ2) is 7.17. The van der Waals surface area contributed by atoms with Gasteiger partial charge in [-0.2, -0.15) is 4.31 Å². The largest absolute Gasteiger partial charge is 0.245 e. The van der Waals surface area contributed by atoms with Crippen LogP contribution in [0.25, 0.3) is 0 Å². The lowest BCUT2D eigenvalue weighted by molar-refractivity contribution is 0.434. The Bertz CT molecular complexity index is 872. The zero-order valence-corrected chi connectivity index (χ0v) is 17.4. The van der Waals surface area contributed by atoms with E-state index in [9.17, 15) is 8.42 Å². The van der Waals surface area contributed by atoms with E-state index in [0.29, 0.717) is 17.1 Å². The second-order valence-electron chi connectivity index (χ2n) is 5.42. The molecule has 8 heteroatoms. The van der Waals surface area contributed by atoms with Crippen molar-refractivity contribution in [3.63, 3.8) is 0 Å². The predicted octanol–water partition coefficient (Wildman–Crippen LogP) is 5.50. The molecule has 2 aromatic rings. The molecule has 0 radical (unpaired) electrons. The van der Waals surface area contributed by atoms with E-state index < -0.39 is 10.0 Å². The first-order chi connectivity index (χ1) is 11.3. The number of rotatable bonds is 3. The third-order valence-corrected chi connectivity index (χ3v) is 8.46. The Morgan fingerprint density at radius 1 is 1.17 bits per heavy atom. The zero-order chi connectivity index (χ0) is 17.5. The maximum Gasteiger partial charge on any atom is 0.245 e. The summed E-state index contributed by atoms with van der Waals surface area (Å²) in [5, 5.41) is 0.353. The van der Waals surface area contributed by atoms with Gasteiger partial charge in [-0.1, -0.05) is 51.3 Å². The van der Waals surface area contributed by atoms with E-state index >= 15 is 0 Å². The monoisotopic (exact) mass is 465 g/mol. The molecule has 0 N–H and O–H groups in total. The molecule has 128 valence electrons. The highest BCUT2D eigenvalue weighted by Gasteiger charge is 2.38. The number of benzene rings is 2. The molecule has 1 aliphatic rings. The van der Waals surface area contributed by atoms with Crippen LogP contribution in [0.5, 0.6) is 0 Å². The van der Waals surface area contributed by atoms with Gasteiger partial charge in [-0.3, -0.25) is 0 Å². The van der Waals surface area contributed by atoms with Gasteiger partial charge in [-0.15, -0.1) is 11.8 Å². The summed E-state index contributed by atoms with van der Waals surface area (Å²) in [6, 6.07) is 10.7. The van der Waals surface area contributed by atoms with Crippen molar-refractivity contribution in [3.05, 3.63) is 62.0 Å². The summed E-state index contributed by atoms with van der Waals surface area (Å²) in [5.74, 6) is 0.740. The molecule has 0 spiro atoms. The van der Waals surface area contributed by atoms with Gasteiger partial charge in [0.05, 0.1) is 10.4 Å². The van der Waals surface area contributed by atoms with Crippen LogP contribution < -0.4 is 0 Å². The van der Waals surface area contributed by atoms with Crippen molar-refractivity contribution in [3.8, 4) is 0 Å². The van der Waals surface area contributed by atoms with Crippen molar-refractivity contribution in [1.82, 2.24) is 4.31 Å². The van der Waals surface area contributed by atoms with Gasteiger partial charge >= 0.3 is 0 Å². The molecule has 1 unspecified atom stereocenters. The van der Waals surface area contributed by atoms with Crippen LogP contribution in [0.3, 0.4) is 0 Å². The van der Waals surface area contributed by atoms with Gasteiger partial charge in [0.25, 0.3) is 0 Å². The fourth-order valence-electron chi connectivity index (χ4n) is 2.55. The van der Waals surface area contributed by atoms with Crippen LogP contribution in [-0.2, 0) is 10.0 Å². The third kappa shape index (κ3) is 3.50. The molecule has 3 rings (SSSR count). The first kappa shape index (κ1) is 18.5. The van der Waals surface area contributed by atoms with Crippen LogP contribution >= 0.6 is 50.9 Å². The first-order valence-corrected chi connectivity index (χ1v) is 11.2. The molecular weight excluding hydrogens is 453 g/mol. The molecule has 1 heterocycles. The highest BCUT2D eigenvalue weighted by molar-refractivity contribution is 9.10. The summed E-state index contributed by atoms with van der Waals surface area (Å²) >= 11 is 17.2. The second-order valence-corrected chi connectivity index (χ2v) is 10.2. The van der Waals surface area contributed by atoms with Crippen LogP contribution in [-0.4, -0.2) is 25.0 Å². The minimum absolute atomic E-state index is 0.107. The molecule has 0 saturated carbocycles. The van der Waals surface area contributed by atoms with Crippen molar-refractivity contribution >= 4 is 60.9 Å². The molecule has 0 aliphatic carbocycles. The predicted molar refractivity (Wildman–Crippen MR) is 104 cm³/mol. The van der Waals surface area contributed by atoms with Crippen LogP contribution in [0.1, 0.15) is 16.5 Å². The Kier molecular flexibility index (Phi) is 5.54. The molecule has 1 aliphatic heterocycles. The Morgan fingerprint density at radius 2 is 1.83 bits per heavy atom. The molecule has 0 aromatic heterocycles. The average molecular weight is 467 g/mol. The van der Waals surface area contributed by atoms with E-state index in [2.05, 4.69) is 15.9 Å². The highest BCUT2D eigenvalue weighted by atomic mass is 79.9. The molecule has 24 heavy (non-hydrogen) atoms. The highest BCUT2D eigenvalue weighted by Crippen LogP contribution is 2.43. The van der Waals surface area contributed by atoms with Crippen LogP contribution in [0.15, 0.2) is 45.8 Å². The van der Waals surface area contributed by atoms with E-state index in [4.69, 9.17) is 23.2 Å². The van der Waals surface area contributed by atoms with Gasteiger partial charge in [0, 0.05) is 21.8 Å². The summed E-state index contributed by atoms with van der Waals surface area (Å²) in [4.78, 5) is 0.107. The first-order valence-electron chi connectivity index (χ1n) is 7.15. The SMILES string of the molecule is Cc1cc(S(=O)(=O)N2CCSC2c2ccc(Br)cc2)c(Cl)cc1Cl. The number of hydrogen-bond acceptors (Lipinski definition) is 3. The summed E-state index contributed by atoms with van der Waals surface area (Å²) < 4.78 is 28.8. The maximum absolute atomic E-state index is 13.1. The number of sulfonamides is 1. The van der Waals surface area contributed by atoms with Crippen molar-refractivity contribution in [1.29, 1.82) is 0 Å². The summed E-state index contributed by atoms with van der Waals surface area (Å²) in [5.41, 5.74) is 1.64. The molecule has 0 amide bonds. The number of thioether (sulfide) groups is 1. The van der Waals surface area contributed by atoms with E-state index in [1.165, 1.54) is 10.4 Å². The number of nitrogens with zero attached hydrogens (tertiary/aromatic N) is 1. The van der Waals surface area contributed by atoms with Crippen molar-refractivity contribution in [2.75, 3.05) is 12.3 Å². The molecule has 3 nitrogen and oxygen atoms in total. The Labute approximate surface area is 164 Å². The minimum atomic E-state index is -3.71. The fourth-order valence-corrected chi connectivity index (χ4v) is 6.86. The lowest BCUT2D eigenvalue weighted by Crippen LogP contribution is -2.30. The molecule has 1 fully saturated rings. The van der Waals surface area contributed by atoms with Gasteiger partial charge in [-0.25, -0.2) is 8.42 Å². The van der Waals surface area contributed by atoms with Crippen molar-refractivity contribution in [2.45, 2.75) is 17.2 Å². The summed E-state index contributed by atoms with van der Waals surface area (Å²) in [6.07, 6.45) is 0. The molecule has 0 bridgehead atoms. The Hall–Kier alpha value is -0.240. The number of hydrogen-bond donors (Lipinski definition) is 0. The van der Waals surface area contributed by atoms with Gasteiger partial charge in [0.2, 0.25) is 10.0 Å². The topological polar surface area (TPSA) is 37.4 Å². The van der Waals surface area contributed by atoms with E-state index in [-0.39, 0.29) is 15.3 Å². The molecule has 1 saturated heterocycles. The standard InChI is InChI=1S/C16H14BrCl2NO2S2/c1-10-8-15(14(19)9-13(10)18)24(21,22)20-6-7-23-16(20)11-2-4-12(17)5-3-11/h2-5,8-9,16H,6-7H2,1H3. The van der Waals surface area contributed by atoms with Crippen molar-refractivity contribution < 1.29 is 8.42 Å². The van der Waals surface area contributed by atoms with Crippen LogP contribution in [0.4, 0.5) is 0 Å². The van der Waals surface area contributed by atoms with Gasteiger partial charge in [0.1, 0.15) is 4.90 Å². The van der Waals surface area contributed by atoms with Gasteiger partial charge in [-0.05, 0) is 42.3 Å². The average Bonchev–Trinajstić information content (AvgIpc) is 3.02. The lowest BCUT2D eigenvalue weighted by atomic mass is 10.2. The smallest absolute Gasteiger partial charge is 0.207 e. The Morgan fingerprint density at radius 3 is 2.50 bits per heavy atom. The van der Waals surface area contributed by atoms with E-state index in [1.54, 1.807) is 24.8 Å². The Balaban J connectivity index is 2.02. The fraction of sp³-hybridized carbons (Fsp3) is 0.250. The quantitative estimate of drug-likeness (QED) is 0.599. The maximum atomic E-state index is 13.1. The molecule has 2 aromatic carbocycles. The zero-order valence-electron chi connectivity index (χ0n) is 12.7. The van der Waals surface area contributed by atoms with E-state index in [1.807, 2.05) is 24.3 Å². The van der Waals surface area contributed by atoms with Crippen LogP contribution in [0.2, 0.25) is 10.0 Å². The van der Waals surface area contributed by atoms with E-state index in [0.717, 1.165) is 15.8 Å². The van der Waals surface area contributed by atoms with Crippen molar-refractivity contribution in [2.24, 2.45) is 0 Å². The lowest BCUT2D eigenvalue weighted by Gasteiger charge is -2.24. The van der Waals surface area contributed by atoms with Gasteiger partial charge < -0.3 is 0 Å². The minimum Gasteiger partial charge on any atom is -0.207 e.